The van der Waals surface area contributed by atoms with Gasteiger partial charge in [0.1, 0.15) is 4.88 Å². The number of rotatable bonds is 5. The molecule has 1 aliphatic rings. The molecule has 1 saturated carbocycles. The molecule has 0 atom stereocenters. The van der Waals surface area contributed by atoms with Crippen LogP contribution in [0, 0.1) is 6.92 Å². The van der Waals surface area contributed by atoms with E-state index in [0.29, 0.717) is 17.7 Å². The van der Waals surface area contributed by atoms with E-state index < -0.39 is 21.5 Å². The number of aliphatic hydroxyl groups excluding tert-OH is 1. The Morgan fingerprint density at radius 2 is 2.17 bits per heavy atom. The van der Waals surface area contributed by atoms with Crippen LogP contribution in [0.15, 0.2) is 11.0 Å². The molecular formula is C10H13NO5S2. The first kappa shape index (κ1) is 13.5. The van der Waals surface area contributed by atoms with E-state index in [1.807, 2.05) is 0 Å². The van der Waals surface area contributed by atoms with Crippen molar-refractivity contribution in [1.82, 2.24) is 4.72 Å². The number of carbonyl (C=O) groups is 1. The van der Waals surface area contributed by atoms with Gasteiger partial charge in [0.25, 0.3) is 0 Å². The Kier molecular flexibility index (Phi) is 3.22. The molecule has 6 nitrogen and oxygen atoms in total. The molecule has 8 heteroatoms. The van der Waals surface area contributed by atoms with Crippen molar-refractivity contribution in [3.63, 3.8) is 0 Å². The molecule has 0 radical (unpaired) electrons. The van der Waals surface area contributed by atoms with Gasteiger partial charge in [0.05, 0.1) is 17.0 Å². The summed E-state index contributed by atoms with van der Waals surface area (Å²) in [4.78, 5) is 11.2. The Balaban J connectivity index is 2.33. The molecular weight excluding hydrogens is 278 g/mol. The lowest BCUT2D eigenvalue weighted by Gasteiger charge is -2.14. The first-order valence-corrected chi connectivity index (χ1v) is 7.58. The monoisotopic (exact) mass is 291 g/mol. The molecule has 0 saturated heterocycles. The Bertz CT molecular complexity index is 585. The minimum Gasteiger partial charge on any atom is -0.477 e. The second-order valence-corrected chi connectivity index (χ2v) is 7.29. The van der Waals surface area contributed by atoms with Gasteiger partial charge in [-0.3, -0.25) is 0 Å². The number of hydrogen-bond donors (Lipinski definition) is 3. The third-order valence-electron chi connectivity index (χ3n) is 2.88. The maximum atomic E-state index is 12.1. The van der Waals surface area contributed by atoms with Crippen LogP contribution < -0.4 is 4.72 Å². The van der Waals surface area contributed by atoms with Crippen LogP contribution in [0.4, 0.5) is 0 Å². The Morgan fingerprint density at radius 1 is 1.56 bits per heavy atom. The van der Waals surface area contributed by atoms with E-state index in [0.717, 1.165) is 17.4 Å². The summed E-state index contributed by atoms with van der Waals surface area (Å²) in [5, 5.41) is 17.9. The number of thiophene rings is 1. The summed E-state index contributed by atoms with van der Waals surface area (Å²) < 4.78 is 26.6. The summed E-state index contributed by atoms with van der Waals surface area (Å²) in [6.07, 6.45) is 1.19. The average Bonchev–Trinajstić information content (AvgIpc) is 2.90. The lowest BCUT2D eigenvalue weighted by Crippen LogP contribution is -2.39. The molecule has 1 fully saturated rings. The van der Waals surface area contributed by atoms with Crippen molar-refractivity contribution in [1.29, 1.82) is 0 Å². The van der Waals surface area contributed by atoms with Gasteiger partial charge in [-0.1, -0.05) is 0 Å². The lowest BCUT2D eigenvalue weighted by atomic mass is 10.3. The summed E-state index contributed by atoms with van der Waals surface area (Å²) in [5.74, 6) is -1.15. The zero-order valence-corrected chi connectivity index (χ0v) is 11.3. The second kappa shape index (κ2) is 4.30. The van der Waals surface area contributed by atoms with E-state index in [9.17, 15) is 13.2 Å². The fraction of sp³-hybridized carbons (Fsp3) is 0.500. The quantitative estimate of drug-likeness (QED) is 0.735. The summed E-state index contributed by atoms with van der Waals surface area (Å²) in [7, 11) is -3.77. The van der Waals surface area contributed by atoms with Crippen LogP contribution in [0.2, 0.25) is 0 Å². The normalized spacial score (nSPS) is 17.7. The number of nitrogens with one attached hydrogen (secondary N) is 1. The van der Waals surface area contributed by atoms with Crippen molar-refractivity contribution in [3.8, 4) is 0 Å². The van der Waals surface area contributed by atoms with Crippen LogP contribution in [-0.4, -0.2) is 36.7 Å². The van der Waals surface area contributed by atoms with Crippen LogP contribution in [0.25, 0.3) is 0 Å². The van der Waals surface area contributed by atoms with Gasteiger partial charge in [0.2, 0.25) is 10.0 Å². The molecule has 1 aromatic rings. The van der Waals surface area contributed by atoms with E-state index in [-0.39, 0.29) is 16.4 Å². The zero-order chi connectivity index (χ0) is 13.6. The Morgan fingerprint density at radius 3 is 2.56 bits per heavy atom. The number of sulfonamides is 1. The standard InChI is InChI=1S/C10H13NO5S2/c1-6-8(4-7(17-6)9(13)14)18(15,16)11-10(5-12)2-3-10/h4,11-12H,2-3,5H2,1H3,(H,13,14). The van der Waals surface area contributed by atoms with Crippen molar-refractivity contribution in [2.75, 3.05) is 6.61 Å². The molecule has 1 aromatic heterocycles. The highest BCUT2D eigenvalue weighted by Crippen LogP contribution is 2.37. The van der Waals surface area contributed by atoms with E-state index >= 15 is 0 Å². The first-order valence-electron chi connectivity index (χ1n) is 5.28. The van der Waals surface area contributed by atoms with Gasteiger partial charge in [0.15, 0.2) is 0 Å². The highest BCUT2D eigenvalue weighted by atomic mass is 32.2. The highest BCUT2D eigenvalue weighted by Gasteiger charge is 2.46. The van der Waals surface area contributed by atoms with E-state index in [4.69, 9.17) is 10.2 Å². The molecule has 18 heavy (non-hydrogen) atoms. The van der Waals surface area contributed by atoms with Crippen LogP contribution >= 0.6 is 11.3 Å². The lowest BCUT2D eigenvalue weighted by molar-refractivity contribution is 0.0702. The number of hydrogen-bond acceptors (Lipinski definition) is 5. The van der Waals surface area contributed by atoms with Crippen LogP contribution in [-0.2, 0) is 10.0 Å². The molecule has 0 aromatic carbocycles. The Labute approximate surface area is 108 Å². The number of carboxylic acids is 1. The van der Waals surface area contributed by atoms with Gasteiger partial charge in [-0.05, 0) is 25.8 Å². The minimum absolute atomic E-state index is 0.0123. The molecule has 0 bridgehead atoms. The predicted molar refractivity (Wildman–Crippen MR) is 65.4 cm³/mol. The minimum atomic E-state index is -3.77. The largest absolute Gasteiger partial charge is 0.477 e. The summed E-state index contributed by atoms with van der Waals surface area (Å²) in [6.45, 7) is 1.31. The molecule has 0 aliphatic heterocycles. The van der Waals surface area contributed by atoms with Crippen LogP contribution in [0.3, 0.4) is 0 Å². The van der Waals surface area contributed by atoms with Gasteiger partial charge in [-0.2, -0.15) is 0 Å². The Hall–Kier alpha value is -0.960. The van der Waals surface area contributed by atoms with E-state index in [1.54, 1.807) is 6.92 Å². The number of aromatic carboxylic acids is 1. The van der Waals surface area contributed by atoms with Gasteiger partial charge in [-0.15, -0.1) is 11.3 Å². The molecule has 2 rings (SSSR count). The third-order valence-corrected chi connectivity index (χ3v) is 5.75. The van der Waals surface area contributed by atoms with Crippen molar-refractivity contribution in [2.24, 2.45) is 0 Å². The molecule has 0 amide bonds. The molecule has 100 valence electrons. The summed E-state index contributed by atoms with van der Waals surface area (Å²) >= 11 is 0.922. The van der Waals surface area contributed by atoms with Crippen molar-refractivity contribution in [2.45, 2.75) is 30.2 Å². The number of aliphatic hydroxyl groups is 1. The number of carboxylic acid groups (broad SMARTS) is 1. The van der Waals surface area contributed by atoms with E-state index in [2.05, 4.69) is 4.72 Å². The SMILES string of the molecule is Cc1sc(C(=O)O)cc1S(=O)(=O)NC1(CO)CC1. The third kappa shape index (κ3) is 2.41. The van der Waals surface area contributed by atoms with Crippen LogP contribution in [0.1, 0.15) is 27.4 Å². The van der Waals surface area contributed by atoms with Gasteiger partial charge >= 0.3 is 5.97 Å². The smallest absolute Gasteiger partial charge is 0.345 e. The molecule has 0 spiro atoms. The van der Waals surface area contributed by atoms with Gasteiger partial charge in [-0.25, -0.2) is 17.9 Å². The van der Waals surface area contributed by atoms with Crippen LogP contribution in [0.5, 0.6) is 0 Å². The van der Waals surface area contributed by atoms with Gasteiger partial charge in [0, 0.05) is 4.88 Å². The fourth-order valence-corrected chi connectivity index (χ4v) is 4.50. The predicted octanol–water partition coefficient (Wildman–Crippen LogP) is 0.558. The maximum Gasteiger partial charge on any atom is 0.345 e. The number of aryl methyl sites for hydroxylation is 1. The topological polar surface area (TPSA) is 104 Å². The van der Waals surface area contributed by atoms with Crippen molar-refractivity contribution < 1.29 is 23.4 Å². The first-order chi connectivity index (χ1) is 8.30. The highest BCUT2D eigenvalue weighted by molar-refractivity contribution is 7.89. The van der Waals surface area contributed by atoms with Crippen molar-refractivity contribution in [3.05, 3.63) is 15.8 Å². The van der Waals surface area contributed by atoms with Crippen molar-refractivity contribution >= 4 is 27.3 Å². The van der Waals surface area contributed by atoms with E-state index in [1.165, 1.54) is 0 Å². The molecule has 1 heterocycles. The second-order valence-electron chi connectivity index (χ2n) is 4.38. The molecule has 1 aliphatic carbocycles. The average molecular weight is 291 g/mol. The fourth-order valence-electron chi connectivity index (χ4n) is 1.62. The maximum absolute atomic E-state index is 12.1. The summed E-state index contributed by atoms with van der Waals surface area (Å²) in [6, 6.07) is 1.15. The molecule has 3 N–H and O–H groups in total. The molecule has 0 unspecified atom stereocenters. The summed E-state index contributed by atoms with van der Waals surface area (Å²) in [5.41, 5.74) is -0.753. The zero-order valence-electron chi connectivity index (χ0n) is 9.63. The van der Waals surface area contributed by atoms with Gasteiger partial charge < -0.3 is 10.2 Å².